The van der Waals surface area contributed by atoms with Gasteiger partial charge in [-0.1, -0.05) is 41.6 Å². The van der Waals surface area contributed by atoms with Crippen molar-refractivity contribution in [3.63, 3.8) is 0 Å². The fourth-order valence-corrected chi connectivity index (χ4v) is 2.90. The minimum atomic E-state index is 0.705. The van der Waals surface area contributed by atoms with Gasteiger partial charge in [0.25, 0.3) is 0 Å². The number of anilines is 1. The summed E-state index contributed by atoms with van der Waals surface area (Å²) in [4.78, 5) is 2.13. The van der Waals surface area contributed by atoms with Crippen molar-refractivity contribution in [3.05, 3.63) is 52.5 Å². The van der Waals surface area contributed by atoms with E-state index in [1.54, 1.807) is 11.8 Å². The molecule has 17 heavy (non-hydrogen) atoms. The largest absolute Gasteiger partial charge is 0.398 e. The van der Waals surface area contributed by atoms with E-state index in [1.165, 1.54) is 16.0 Å². The highest BCUT2D eigenvalue weighted by Gasteiger charge is 2.08. The molecule has 88 valence electrons. The van der Waals surface area contributed by atoms with Crippen LogP contribution in [0.2, 0.25) is 5.02 Å². The summed E-state index contributed by atoms with van der Waals surface area (Å²) in [5, 5.41) is 0.705. The third-order valence-electron chi connectivity index (χ3n) is 2.55. The second-order valence-electron chi connectivity index (χ2n) is 4.03. The van der Waals surface area contributed by atoms with Crippen LogP contribution in [0.4, 0.5) is 5.69 Å². The van der Waals surface area contributed by atoms with Crippen molar-refractivity contribution >= 4 is 29.1 Å². The molecule has 0 aliphatic rings. The number of aryl methyl sites for hydroxylation is 2. The average Bonchev–Trinajstić information content (AvgIpc) is 2.28. The number of benzene rings is 2. The van der Waals surface area contributed by atoms with Gasteiger partial charge in [-0.3, -0.25) is 0 Å². The maximum absolute atomic E-state index is 6.17. The molecule has 0 saturated heterocycles. The average molecular weight is 264 g/mol. The van der Waals surface area contributed by atoms with Crippen LogP contribution >= 0.6 is 23.4 Å². The molecule has 0 fully saturated rings. The highest BCUT2D eigenvalue weighted by molar-refractivity contribution is 7.99. The Balaban J connectivity index is 2.41. The third-order valence-corrected chi connectivity index (χ3v) is 4.30. The van der Waals surface area contributed by atoms with Gasteiger partial charge in [0, 0.05) is 10.6 Å². The minimum absolute atomic E-state index is 0.705. The highest BCUT2D eigenvalue weighted by Crippen LogP contribution is 2.38. The molecule has 0 spiro atoms. The van der Waals surface area contributed by atoms with Crippen LogP contribution in [0, 0.1) is 13.8 Å². The summed E-state index contributed by atoms with van der Waals surface area (Å²) in [7, 11) is 0. The zero-order chi connectivity index (χ0) is 12.4. The molecule has 0 bridgehead atoms. The molecule has 0 unspecified atom stereocenters. The van der Waals surface area contributed by atoms with Crippen LogP contribution in [0.3, 0.4) is 0 Å². The fraction of sp³-hybridized carbons (Fsp3) is 0.143. The molecule has 2 rings (SSSR count). The van der Waals surface area contributed by atoms with Gasteiger partial charge in [0.15, 0.2) is 0 Å². The predicted octanol–water partition coefficient (Wildman–Crippen LogP) is 4.69. The van der Waals surface area contributed by atoms with E-state index in [-0.39, 0.29) is 0 Å². The first-order valence-corrected chi connectivity index (χ1v) is 6.56. The number of halogens is 1. The Morgan fingerprint density at radius 1 is 1.12 bits per heavy atom. The molecule has 0 atom stereocenters. The lowest BCUT2D eigenvalue weighted by atomic mass is 10.2. The monoisotopic (exact) mass is 263 g/mol. The van der Waals surface area contributed by atoms with E-state index < -0.39 is 0 Å². The highest BCUT2D eigenvalue weighted by atomic mass is 35.5. The number of rotatable bonds is 2. The van der Waals surface area contributed by atoms with E-state index in [4.69, 9.17) is 17.3 Å². The van der Waals surface area contributed by atoms with Gasteiger partial charge in [-0.25, -0.2) is 0 Å². The Labute approximate surface area is 111 Å². The van der Waals surface area contributed by atoms with E-state index in [0.29, 0.717) is 5.02 Å². The number of nitrogen functional groups attached to an aromatic ring is 1. The molecule has 0 heterocycles. The van der Waals surface area contributed by atoms with E-state index in [1.807, 2.05) is 18.2 Å². The third kappa shape index (κ3) is 2.76. The fourth-order valence-electron chi connectivity index (χ4n) is 1.56. The molecule has 2 aromatic rings. The van der Waals surface area contributed by atoms with E-state index in [9.17, 15) is 0 Å². The zero-order valence-electron chi connectivity index (χ0n) is 9.83. The van der Waals surface area contributed by atoms with Gasteiger partial charge in [-0.15, -0.1) is 0 Å². The standard InChI is InChI=1S/C14H14ClNS/c1-9-6-7-10(2)13(8-9)17-14-11(15)4-3-5-12(14)16/h3-8H,16H2,1-2H3. The van der Waals surface area contributed by atoms with Crippen LogP contribution in [-0.2, 0) is 0 Å². The molecule has 0 amide bonds. The van der Waals surface area contributed by atoms with E-state index in [2.05, 4.69) is 32.0 Å². The lowest BCUT2D eigenvalue weighted by Crippen LogP contribution is -1.90. The lowest BCUT2D eigenvalue weighted by molar-refractivity contribution is 1.25. The van der Waals surface area contributed by atoms with Gasteiger partial charge in [0.2, 0.25) is 0 Å². The van der Waals surface area contributed by atoms with Crippen molar-refractivity contribution < 1.29 is 0 Å². The van der Waals surface area contributed by atoms with Crippen LogP contribution in [0.5, 0.6) is 0 Å². The van der Waals surface area contributed by atoms with Crippen molar-refractivity contribution in [2.45, 2.75) is 23.6 Å². The van der Waals surface area contributed by atoms with Crippen molar-refractivity contribution in [2.75, 3.05) is 5.73 Å². The maximum atomic E-state index is 6.17. The van der Waals surface area contributed by atoms with Crippen molar-refractivity contribution in [2.24, 2.45) is 0 Å². The van der Waals surface area contributed by atoms with Gasteiger partial charge in [0.05, 0.1) is 9.92 Å². The summed E-state index contributed by atoms with van der Waals surface area (Å²) >= 11 is 7.80. The molecule has 1 nitrogen and oxygen atoms in total. The summed E-state index contributed by atoms with van der Waals surface area (Å²) in [5.74, 6) is 0. The number of nitrogens with two attached hydrogens (primary N) is 1. The van der Waals surface area contributed by atoms with Crippen LogP contribution in [0.25, 0.3) is 0 Å². The quantitative estimate of drug-likeness (QED) is 0.796. The first kappa shape index (κ1) is 12.3. The zero-order valence-corrected chi connectivity index (χ0v) is 11.4. The second kappa shape index (κ2) is 5.03. The first-order chi connectivity index (χ1) is 8.08. The van der Waals surface area contributed by atoms with Crippen LogP contribution in [0.1, 0.15) is 11.1 Å². The molecule has 0 radical (unpaired) electrons. The van der Waals surface area contributed by atoms with Gasteiger partial charge in [-0.05, 0) is 43.2 Å². The van der Waals surface area contributed by atoms with Gasteiger partial charge in [0.1, 0.15) is 0 Å². The Morgan fingerprint density at radius 2 is 1.88 bits per heavy atom. The summed E-state index contributed by atoms with van der Waals surface area (Å²) in [6.45, 7) is 4.17. The second-order valence-corrected chi connectivity index (χ2v) is 5.49. The van der Waals surface area contributed by atoms with Gasteiger partial charge < -0.3 is 5.73 Å². The SMILES string of the molecule is Cc1ccc(C)c(Sc2c(N)cccc2Cl)c1. The summed E-state index contributed by atoms with van der Waals surface area (Å²) in [6.07, 6.45) is 0. The topological polar surface area (TPSA) is 26.0 Å². The van der Waals surface area contributed by atoms with Crippen molar-refractivity contribution in [1.29, 1.82) is 0 Å². The van der Waals surface area contributed by atoms with Crippen molar-refractivity contribution in [3.8, 4) is 0 Å². The number of hydrogen-bond donors (Lipinski definition) is 1. The molecule has 0 aliphatic carbocycles. The van der Waals surface area contributed by atoms with Crippen molar-refractivity contribution in [1.82, 2.24) is 0 Å². The van der Waals surface area contributed by atoms with Gasteiger partial charge >= 0.3 is 0 Å². The normalized spacial score (nSPS) is 10.5. The first-order valence-electron chi connectivity index (χ1n) is 5.37. The summed E-state index contributed by atoms with van der Waals surface area (Å²) < 4.78 is 0. The lowest BCUT2D eigenvalue weighted by Gasteiger charge is -2.10. The van der Waals surface area contributed by atoms with E-state index in [0.717, 1.165) is 10.6 Å². The van der Waals surface area contributed by atoms with Gasteiger partial charge in [-0.2, -0.15) is 0 Å². The van der Waals surface area contributed by atoms with Crippen LogP contribution in [-0.4, -0.2) is 0 Å². The molecule has 0 saturated carbocycles. The van der Waals surface area contributed by atoms with Crippen LogP contribution < -0.4 is 5.73 Å². The minimum Gasteiger partial charge on any atom is -0.398 e. The summed E-state index contributed by atoms with van der Waals surface area (Å²) in [6, 6.07) is 12.0. The number of hydrogen-bond acceptors (Lipinski definition) is 2. The Bertz CT molecular complexity index is 532. The molecular formula is C14H14ClNS. The Kier molecular flexibility index (Phi) is 3.65. The maximum Gasteiger partial charge on any atom is 0.0566 e. The molecule has 0 aromatic heterocycles. The van der Waals surface area contributed by atoms with E-state index >= 15 is 0 Å². The van der Waals surface area contributed by atoms with Crippen LogP contribution in [0.15, 0.2) is 46.2 Å². The summed E-state index contributed by atoms with van der Waals surface area (Å²) in [5.41, 5.74) is 9.15. The molecule has 3 heteroatoms. The Morgan fingerprint density at radius 3 is 2.59 bits per heavy atom. The molecular weight excluding hydrogens is 250 g/mol. The predicted molar refractivity (Wildman–Crippen MR) is 75.9 cm³/mol. The smallest absolute Gasteiger partial charge is 0.0566 e. The molecule has 2 aromatic carbocycles. The molecule has 0 aliphatic heterocycles. The molecule has 2 N–H and O–H groups in total. The Hall–Kier alpha value is -1.12.